The first-order valence-corrected chi connectivity index (χ1v) is 6.99. The van der Waals surface area contributed by atoms with Crippen LogP contribution in [0, 0.1) is 13.8 Å². The molecule has 1 aromatic carbocycles. The van der Waals surface area contributed by atoms with Crippen molar-refractivity contribution in [2.24, 2.45) is 0 Å². The van der Waals surface area contributed by atoms with E-state index in [2.05, 4.69) is 53.5 Å². The van der Waals surface area contributed by atoms with Crippen molar-refractivity contribution in [1.29, 1.82) is 0 Å². The minimum Gasteiger partial charge on any atom is -0.492 e. The number of aryl methyl sites for hydroxylation is 2. The average Bonchev–Trinajstić information content (AvgIpc) is 2.92. The van der Waals surface area contributed by atoms with Crippen LogP contribution in [0.25, 0.3) is 0 Å². The lowest BCUT2D eigenvalue weighted by Gasteiger charge is -2.17. The Hall–Kier alpha value is -1.81. The predicted octanol–water partition coefficient (Wildman–Crippen LogP) is 2.51. The Kier molecular flexibility index (Phi) is 5.18. The number of ether oxygens (including phenoxy) is 1. The lowest BCUT2D eigenvalue weighted by Crippen LogP contribution is -2.27. The molecule has 20 heavy (non-hydrogen) atoms. The number of imidazole rings is 1. The molecule has 4 heteroatoms. The zero-order valence-corrected chi connectivity index (χ0v) is 12.5. The number of likely N-dealkylation sites (N-methyl/N-ethyl adjacent to an activating group) is 1. The molecule has 0 radical (unpaired) electrons. The first-order valence-electron chi connectivity index (χ1n) is 6.99. The highest BCUT2D eigenvalue weighted by atomic mass is 16.5. The normalized spacial score (nSPS) is 11.0. The Balaban J connectivity index is 1.69. The molecule has 0 amide bonds. The monoisotopic (exact) mass is 273 g/mol. The second-order valence-electron chi connectivity index (χ2n) is 5.22. The van der Waals surface area contributed by atoms with E-state index in [1.165, 1.54) is 11.1 Å². The molecule has 4 nitrogen and oxygen atoms in total. The van der Waals surface area contributed by atoms with Gasteiger partial charge in [0.05, 0.1) is 6.33 Å². The smallest absolute Gasteiger partial charge is 0.122 e. The zero-order valence-electron chi connectivity index (χ0n) is 12.5. The largest absolute Gasteiger partial charge is 0.492 e. The topological polar surface area (TPSA) is 30.3 Å². The van der Waals surface area contributed by atoms with Gasteiger partial charge in [0.2, 0.25) is 0 Å². The van der Waals surface area contributed by atoms with E-state index in [1.54, 1.807) is 0 Å². The molecule has 108 valence electrons. The molecule has 0 saturated heterocycles. The van der Waals surface area contributed by atoms with Crippen molar-refractivity contribution in [1.82, 2.24) is 14.5 Å². The summed E-state index contributed by atoms with van der Waals surface area (Å²) in [6.07, 6.45) is 5.64. The van der Waals surface area contributed by atoms with E-state index in [-0.39, 0.29) is 0 Å². The van der Waals surface area contributed by atoms with Crippen LogP contribution in [-0.4, -0.2) is 41.2 Å². The number of nitrogens with zero attached hydrogens (tertiary/aromatic N) is 3. The van der Waals surface area contributed by atoms with Crippen molar-refractivity contribution in [3.63, 3.8) is 0 Å². The van der Waals surface area contributed by atoms with E-state index in [4.69, 9.17) is 4.74 Å². The number of aromatic nitrogens is 2. The van der Waals surface area contributed by atoms with E-state index < -0.39 is 0 Å². The van der Waals surface area contributed by atoms with E-state index in [0.717, 1.165) is 25.4 Å². The fraction of sp³-hybridized carbons (Fsp3) is 0.438. The Morgan fingerprint density at radius 1 is 1.25 bits per heavy atom. The molecule has 0 N–H and O–H groups in total. The van der Waals surface area contributed by atoms with E-state index >= 15 is 0 Å². The SMILES string of the molecule is Cc1ccc(OCCN(C)CCn2ccnc2)c(C)c1. The maximum absolute atomic E-state index is 5.84. The number of benzene rings is 1. The van der Waals surface area contributed by atoms with Crippen LogP contribution in [0.15, 0.2) is 36.9 Å². The highest BCUT2D eigenvalue weighted by molar-refractivity contribution is 5.35. The molecule has 0 aliphatic rings. The number of hydrogen-bond acceptors (Lipinski definition) is 3. The maximum atomic E-state index is 5.84. The highest BCUT2D eigenvalue weighted by Crippen LogP contribution is 2.18. The molecule has 0 aliphatic heterocycles. The molecule has 0 atom stereocenters. The van der Waals surface area contributed by atoms with Crippen LogP contribution in [0.1, 0.15) is 11.1 Å². The van der Waals surface area contributed by atoms with Gasteiger partial charge >= 0.3 is 0 Å². The summed E-state index contributed by atoms with van der Waals surface area (Å²) in [7, 11) is 2.11. The van der Waals surface area contributed by atoms with Crippen LogP contribution in [0.2, 0.25) is 0 Å². The third-order valence-electron chi connectivity index (χ3n) is 3.36. The third kappa shape index (κ3) is 4.38. The minimum atomic E-state index is 0.713. The van der Waals surface area contributed by atoms with Gasteiger partial charge in [-0.3, -0.25) is 0 Å². The molecule has 0 fully saturated rings. The van der Waals surface area contributed by atoms with Crippen molar-refractivity contribution < 1.29 is 4.74 Å². The van der Waals surface area contributed by atoms with Gasteiger partial charge < -0.3 is 14.2 Å². The van der Waals surface area contributed by atoms with E-state index in [9.17, 15) is 0 Å². The zero-order chi connectivity index (χ0) is 14.4. The minimum absolute atomic E-state index is 0.713. The number of rotatable bonds is 7. The van der Waals surface area contributed by atoms with Gasteiger partial charge in [-0.15, -0.1) is 0 Å². The summed E-state index contributed by atoms with van der Waals surface area (Å²) in [4.78, 5) is 6.31. The van der Waals surface area contributed by atoms with Gasteiger partial charge in [0.25, 0.3) is 0 Å². The lowest BCUT2D eigenvalue weighted by atomic mass is 10.1. The van der Waals surface area contributed by atoms with Gasteiger partial charge in [-0.25, -0.2) is 4.98 Å². The summed E-state index contributed by atoms with van der Waals surface area (Å²) in [5.41, 5.74) is 2.47. The Morgan fingerprint density at radius 3 is 2.80 bits per heavy atom. The summed E-state index contributed by atoms with van der Waals surface area (Å²) in [6.45, 7) is 7.77. The van der Waals surface area contributed by atoms with Crippen LogP contribution < -0.4 is 4.74 Å². The van der Waals surface area contributed by atoms with Gasteiger partial charge in [-0.05, 0) is 32.5 Å². The molecule has 0 saturated carbocycles. The average molecular weight is 273 g/mol. The molecule has 0 unspecified atom stereocenters. The Labute approximate surface area is 121 Å². The lowest BCUT2D eigenvalue weighted by molar-refractivity contribution is 0.231. The molecule has 0 aliphatic carbocycles. The number of hydrogen-bond donors (Lipinski definition) is 0. The Morgan fingerprint density at radius 2 is 2.10 bits per heavy atom. The molecule has 2 rings (SSSR count). The third-order valence-corrected chi connectivity index (χ3v) is 3.36. The van der Waals surface area contributed by atoms with Gasteiger partial charge in [-0.2, -0.15) is 0 Å². The second kappa shape index (κ2) is 7.10. The van der Waals surface area contributed by atoms with E-state index in [1.807, 2.05) is 18.7 Å². The molecule has 0 bridgehead atoms. The highest BCUT2D eigenvalue weighted by Gasteiger charge is 2.02. The van der Waals surface area contributed by atoms with Crippen molar-refractivity contribution in [3.8, 4) is 5.75 Å². The van der Waals surface area contributed by atoms with E-state index in [0.29, 0.717) is 6.61 Å². The fourth-order valence-corrected chi connectivity index (χ4v) is 2.09. The first-order chi connectivity index (χ1) is 9.65. The van der Waals surface area contributed by atoms with Crippen LogP contribution >= 0.6 is 0 Å². The molecular formula is C16H23N3O. The second-order valence-corrected chi connectivity index (χ2v) is 5.22. The summed E-state index contributed by atoms with van der Waals surface area (Å²) < 4.78 is 7.92. The van der Waals surface area contributed by atoms with Crippen molar-refractivity contribution in [2.45, 2.75) is 20.4 Å². The van der Waals surface area contributed by atoms with Gasteiger partial charge in [-0.1, -0.05) is 17.7 Å². The van der Waals surface area contributed by atoms with Gasteiger partial charge in [0, 0.05) is 32.0 Å². The summed E-state index contributed by atoms with van der Waals surface area (Å²) >= 11 is 0. The molecule has 1 heterocycles. The van der Waals surface area contributed by atoms with Gasteiger partial charge in [0.1, 0.15) is 12.4 Å². The van der Waals surface area contributed by atoms with Gasteiger partial charge in [0.15, 0.2) is 0 Å². The van der Waals surface area contributed by atoms with Crippen molar-refractivity contribution >= 4 is 0 Å². The summed E-state index contributed by atoms with van der Waals surface area (Å²) in [5, 5.41) is 0. The summed E-state index contributed by atoms with van der Waals surface area (Å²) in [6, 6.07) is 6.29. The fourth-order valence-electron chi connectivity index (χ4n) is 2.09. The van der Waals surface area contributed by atoms with Crippen LogP contribution in [-0.2, 0) is 6.54 Å². The standard InChI is InChI=1S/C16H23N3O/c1-14-4-5-16(15(2)12-14)20-11-10-18(3)8-9-19-7-6-17-13-19/h4-7,12-13H,8-11H2,1-3H3. The van der Waals surface area contributed by atoms with Crippen molar-refractivity contribution in [2.75, 3.05) is 26.7 Å². The molecule has 0 spiro atoms. The molecular weight excluding hydrogens is 250 g/mol. The first kappa shape index (κ1) is 14.6. The predicted molar refractivity (Wildman–Crippen MR) is 81.1 cm³/mol. The Bertz CT molecular complexity index is 523. The molecule has 2 aromatic rings. The van der Waals surface area contributed by atoms with Crippen LogP contribution in [0.5, 0.6) is 5.75 Å². The van der Waals surface area contributed by atoms with Crippen molar-refractivity contribution in [3.05, 3.63) is 48.0 Å². The molecule has 1 aromatic heterocycles. The van der Waals surface area contributed by atoms with Crippen LogP contribution in [0.3, 0.4) is 0 Å². The van der Waals surface area contributed by atoms with Crippen LogP contribution in [0.4, 0.5) is 0 Å². The quantitative estimate of drug-likeness (QED) is 0.776. The summed E-state index contributed by atoms with van der Waals surface area (Å²) in [5.74, 6) is 0.985. The maximum Gasteiger partial charge on any atom is 0.122 e.